The molecule has 2 heterocycles. The summed E-state index contributed by atoms with van der Waals surface area (Å²) in [5.74, 6) is -0.597. The van der Waals surface area contributed by atoms with E-state index in [1.165, 1.54) is 19.2 Å². The summed E-state index contributed by atoms with van der Waals surface area (Å²) in [6.07, 6.45) is 5.75. The van der Waals surface area contributed by atoms with Gasteiger partial charge in [-0.05, 0) is 30.2 Å². The molecule has 0 radical (unpaired) electrons. The van der Waals surface area contributed by atoms with Gasteiger partial charge < -0.3 is 14.4 Å². The summed E-state index contributed by atoms with van der Waals surface area (Å²) in [4.78, 5) is 22.7. The highest BCUT2D eigenvalue weighted by molar-refractivity contribution is 5.94. The quantitative estimate of drug-likeness (QED) is 0.821. The smallest absolute Gasteiger partial charge is 0.316 e. The molecule has 1 fully saturated rings. The number of rotatable bonds is 5. The summed E-state index contributed by atoms with van der Waals surface area (Å²) >= 11 is 0. The Bertz CT molecular complexity index is 759. The Morgan fingerprint density at radius 2 is 1.96 bits per heavy atom. The number of carbonyl (C=O) groups is 1. The number of aromatic nitrogens is 2. The van der Waals surface area contributed by atoms with Gasteiger partial charge in [-0.3, -0.25) is 4.79 Å². The van der Waals surface area contributed by atoms with E-state index in [1.807, 2.05) is 6.92 Å². The maximum Gasteiger partial charge on any atom is 0.316 e. The third-order valence-corrected chi connectivity index (χ3v) is 4.49. The van der Waals surface area contributed by atoms with Crippen molar-refractivity contribution >= 4 is 5.91 Å². The lowest BCUT2D eigenvalue weighted by Gasteiger charge is -2.31. The molecule has 3 rings (SSSR count). The van der Waals surface area contributed by atoms with Crippen molar-refractivity contribution in [1.29, 1.82) is 0 Å². The zero-order valence-electron chi connectivity index (χ0n) is 14.9. The van der Waals surface area contributed by atoms with Gasteiger partial charge in [0.25, 0.3) is 5.91 Å². The van der Waals surface area contributed by atoms with E-state index < -0.39 is 5.82 Å². The number of carbonyl (C=O) groups excluding carboxylic acids is 1. The molecule has 0 aliphatic carbocycles. The maximum absolute atomic E-state index is 13.8. The van der Waals surface area contributed by atoms with Crippen LogP contribution in [0.1, 0.15) is 35.7 Å². The molecule has 7 heteroatoms. The number of benzene rings is 1. The van der Waals surface area contributed by atoms with Crippen LogP contribution in [-0.4, -0.2) is 47.1 Å². The Morgan fingerprint density at radius 3 is 2.54 bits per heavy atom. The minimum Gasteiger partial charge on any atom is -0.494 e. The van der Waals surface area contributed by atoms with Crippen LogP contribution in [0.2, 0.25) is 0 Å². The van der Waals surface area contributed by atoms with E-state index in [2.05, 4.69) is 9.97 Å². The number of hydrogen-bond donors (Lipinski definition) is 0. The van der Waals surface area contributed by atoms with Crippen molar-refractivity contribution in [3.05, 3.63) is 47.5 Å². The molecule has 1 aliphatic rings. The Balaban J connectivity index is 1.55. The second kappa shape index (κ2) is 8.12. The fourth-order valence-corrected chi connectivity index (χ4v) is 2.89. The molecule has 2 aromatic rings. The predicted molar refractivity (Wildman–Crippen MR) is 93.9 cm³/mol. The molecule has 26 heavy (non-hydrogen) atoms. The molecule has 0 atom stereocenters. The van der Waals surface area contributed by atoms with Gasteiger partial charge in [0.15, 0.2) is 11.6 Å². The zero-order valence-corrected chi connectivity index (χ0v) is 14.9. The number of amides is 1. The summed E-state index contributed by atoms with van der Waals surface area (Å²) < 4.78 is 24.5. The van der Waals surface area contributed by atoms with E-state index in [0.29, 0.717) is 37.5 Å². The van der Waals surface area contributed by atoms with Crippen LogP contribution < -0.4 is 9.47 Å². The standard InChI is InChI=1S/C19H22FN3O3/c1-3-13-11-21-19(22-12-13)26-15-6-8-23(9-7-15)18(24)14-4-5-17(25-2)16(20)10-14/h4-5,10-12,15H,3,6-9H2,1-2H3. The van der Waals surface area contributed by atoms with Gasteiger partial charge in [-0.25, -0.2) is 14.4 Å². The van der Waals surface area contributed by atoms with Crippen LogP contribution in [0.25, 0.3) is 0 Å². The molecule has 1 aromatic carbocycles. The Hall–Kier alpha value is -2.70. The molecule has 0 spiro atoms. The van der Waals surface area contributed by atoms with Gasteiger partial charge in [0.2, 0.25) is 0 Å². The van der Waals surface area contributed by atoms with Gasteiger partial charge in [-0.2, -0.15) is 0 Å². The fraction of sp³-hybridized carbons (Fsp3) is 0.421. The molecular weight excluding hydrogens is 337 g/mol. The van der Waals surface area contributed by atoms with Crippen molar-refractivity contribution in [1.82, 2.24) is 14.9 Å². The summed E-state index contributed by atoms with van der Waals surface area (Å²) in [6, 6.07) is 4.63. The molecule has 1 aromatic heterocycles. The molecule has 0 saturated carbocycles. The molecular formula is C19H22FN3O3. The van der Waals surface area contributed by atoms with Crippen LogP contribution in [0.3, 0.4) is 0 Å². The second-order valence-corrected chi connectivity index (χ2v) is 6.19. The topological polar surface area (TPSA) is 64.5 Å². The monoisotopic (exact) mass is 359 g/mol. The van der Waals surface area contributed by atoms with Crippen LogP contribution in [0.15, 0.2) is 30.6 Å². The van der Waals surface area contributed by atoms with Crippen molar-refractivity contribution in [2.45, 2.75) is 32.3 Å². The summed E-state index contributed by atoms with van der Waals surface area (Å²) in [5, 5.41) is 0. The summed E-state index contributed by atoms with van der Waals surface area (Å²) in [5.41, 5.74) is 1.38. The van der Waals surface area contributed by atoms with Gasteiger partial charge in [-0.15, -0.1) is 0 Å². The first-order valence-corrected chi connectivity index (χ1v) is 8.71. The van der Waals surface area contributed by atoms with Crippen LogP contribution >= 0.6 is 0 Å². The number of aryl methyl sites for hydroxylation is 1. The van der Waals surface area contributed by atoms with Crippen LogP contribution in [0.5, 0.6) is 11.8 Å². The van der Waals surface area contributed by atoms with Gasteiger partial charge in [0.05, 0.1) is 7.11 Å². The average Bonchev–Trinajstić information content (AvgIpc) is 2.68. The fourth-order valence-electron chi connectivity index (χ4n) is 2.89. The molecule has 0 unspecified atom stereocenters. The predicted octanol–water partition coefficient (Wildman–Crippen LogP) is 2.87. The number of ether oxygens (including phenoxy) is 2. The van der Waals surface area contributed by atoms with Crippen molar-refractivity contribution in [2.75, 3.05) is 20.2 Å². The molecule has 1 amide bonds. The van der Waals surface area contributed by atoms with E-state index in [1.54, 1.807) is 23.4 Å². The number of nitrogens with zero attached hydrogens (tertiary/aromatic N) is 3. The molecule has 0 bridgehead atoms. The van der Waals surface area contributed by atoms with E-state index in [9.17, 15) is 9.18 Å². The lowest BCUT2D eigenvalue weighted by molar-refractivity contribution is 0.0578. The average molecular weight is 359 g/mol. The van der Waals surface area contributed by atoms with Gasteiger partial charge >= 0.3 is 6.01 Å². The summed E-state index contributed by atoms with van der Waals surface area (Å²) in [6.45, 7) is 3.13. The van der Waals surface area contributed by atoms with Crippen molar-refractivity contribution in [3.8, 4) is 11.8 Å². The largest absolute Gasteiger partial charge is 0.494 e. The molecule has 6 nitrogen and oxygen atoms in total. The first-order chi connectivity index (χ1) is 12.6. The summed E-state index contributed by atoms with van der Waals surface area (Å²) in [7, 11) is 1.39. The van der Waals surface area contributed by atoms with E-state index >= 15 is 0 Å². The first kappa shape index (κ1) is 18.1. The highest BCUT2D eigenvalue weighted by Crippen LogP contribution is 2.21. The van der Waals surface area contributed by atoms with Crippen LogP contribution in [0, 0.1) is 5.82 Å². The third kappa shape index (κ3) is 4.09. The van der Waals surface area contributed by atoms with Crippen molar-refractivity contribution in [2.24, 2.45) is 0 Å². The minimum absolute atomic E-state index is 0.0286. The molecule has 1 aliphatic heterocycles. The number of piperidine rings is 1. The first-order valence-electron chi connectivity index (χ1n) is 8.71. The van der Waals surface area contributed by atoms with Crippen LogP contribution in [0.4, 0.5) is 4.39 Å². The lowest BCUT2D eigenvalue weighted by Crippen LogP contribution is -2.42. The van der Waals surface area contributed by atoms with Gasteiger partial charge in [-0.1, -0.05) is 6.92 Å². The van der Waals surface area contributed by atoms with Crippen molar-refractivity contribution in [3.63, 3.8) is 0 Å². The molecule has 0 N–H and O–H groups in total. The van der Waals surface area contributed by atoms with Gasteiger partial charge in [0, 0.05) is 43.9 Å². The normalized spacial score (nSPS) is 15.0. The maximum atomic E-state index is 13.8. The number of likely N-dealkylation sites (tertiary alicyclic amines) is 1. The number of halogens is 1. The Labute approximate surface area is 152 Å². The Morgan fingerprint density at radius 1 is 1.27 bits per heavy atom. The lowest BCUT2D eigenvalue weighted by atomic mass is 10.1. The number of hydrogen-bond acceptors (Lipinski definition) is 5. The highest BCUT2D eigenvalue weighted by Gasteiger charge is 2.25. The van der Waals surface area contributed by atoms with Crippen molar-refractivity contribution < 1.29 is 18.7 Å². The second-order valence-electron chi connectivity index (χ2n) is 6.19. The SMILES string of the molecule is CCc1cnc(OC2CCN(C(=O)c3ccc(OC)c(F)c3)CC2)nc1. The van der Waals surface area contributed by atoms with E-state index in [0.717, 1.165) is 12.0 Å². The third-order valence-electron chi connectivity index (χ3n) is 4.49. The molecule has 138 valence electrons. The molecule has 1 saturated heterocycles. The highest BCUT2D eigenvalue weighted by atomic mass is 19.1. The Kier molecular flexibility index (Phi) is 5.65. The van der Waals surface area contributed by atoms with E-state index in [-0.39, 0.29) is 17.8 Å². The van der Waals surface area contributed by atoms with E-state index in [4.69, 9.17) is 9.47 Å². The van der Waals surface area contributed by atoms with Gasteiger partial charge in [0.1, 0.15) is 6.10 Å². The number of methoxy groups -OCH3 is 1. The minimum atomic E-state index is -0.538. The zero-order chi connectivity index (χ0) is 18.5. The van der Waals surface area contributed by atoms with Crippen LogP contribution in [-0.2, 0) is 6.42 Å².